The minimum absolute atomic E-state index is 0.299. The fourth-order valence-electron chi connectivity index (χ4n) is 1.76. The smallest absolute Gasteiger partial charge is 0.136 e. The number of rotatable bonds is 5. The van der Waals surface area contributed by atoms with Gasteiger partial charge < -0.3 is 10.6 Å². The van der Waals surface area contributed by atoms with Crippen LogP contribution in [0.5, 0.6) is 0 Å². The summed E-state index contributed by atoms with van der Waals surface area (Å²) < 4.78 is 14.1. The van der Waals surface area contributed by atoms with Gasteiger partial charge in [-0.3, -0.25) is 0 Å². The van der Waals surface area contributed by atoms with Crippen LogP contribution in [0.25, 0.3) is 0 Å². The average molecular weight is 339 g/mol. The van der Waals surface area contributed by atoms with Crippen molar-refractivity contribution in [3.63, 3.8) is 0 Å². The zero-order valence-electron chi connectivity index (χ0n) is 11.4. The Hall–Kier alpha value is -1.69. The van der Waals surface area contributed by atoms with Gasteiger partial charge >= 0.3 is 0 Å². The minimum atomic E-state index is -0.299. The van der Waals surface area contributed by atoms with Crippen LogP contribution in [-0.2, 0) is 6.42 Å². The van der Waals surface area contributed by atoms with Crippen LogP contribution < -0.4 is 10.6 Å². The molecule has 2 rings (SSSR count). The molecule has 0 saturated heterocycles. The number of hydrogen-bond donors (Lipinski definition) is 2. The molecule has 0 saturated carbocycles. The lowest BCUT2D eigenvalue weighted by Gasteiger charge is -2.11. The first-order chi connectivity index (χ1) is 9.62. The zero-order chi connectivity index (χ0) is 14.5. The number of anilines is 3. The third kappa shape index (κ3) is 3.66. The molecular formula is C14H16BrFN4. The Morgan fingerprint density at radius 3 is 2.65 bits per heavy atom. The second-order valence-corrected chi connectivity index (χ2v) is 5.16. The van der Waals surface area contributed by atoms with Crippen molar-refractivity contribution in [3.05, 3.63) is 40.4 Å². The molecule has 0 atom stereocenters. The lowest BCUT2D eigenvalue weighted by atomic mass is 10.3. The molecule has 0 aliphatic heterocycles. The lowest BCUT2D eigenvalue weighted by Crippen LogP contribution is -2.04. The SMILES string of the molecule is CCCc1nc(NC)cc(Nc2cc(F)ccc2Br)n1. The molecule has 0 amide bonds. The molecule has 2 N–H and O–H groups in total. The quantitative estimate of drug-likeness (QED) is 0.861. The van der Waals surface area contributed by atoms with E-state index >= 15 is 0 Å². The average Bonchev–Trinajstić information content (AvgIpc) is 2.43. The Balaban J connectivity index is 2.32. The summed E-state index contributed by atoms with van der Waals surface area (Å²) in [5, 5.41) is 6.11. The predicted molar refractivity (Wildman–Crippen MR) is 83.0 cm³/mol. The van der Waals surface area contributed by atoms with E-state index in [9.17, 15) is 4.39 Å². The van der Waals surface area contributed by atoms with Crippen LogP contribution >= 0.6 is 15.9 Å². The summed E-state index contributed by atoms with van der Waals surface area (Å²) in [6.45, 7) is 2.08. The topological polar surface area (TPSA) is 49.8 Å². The third-order valence-electron chi connectivity index (χ3n) is 2.69. The van der Waals surface area contributed by atoms with E-state index in [2.05, 4.69) is 43.5 Å². The van der Waals surface area contributed by atoms with E-state index < -0.39 is 0 Å². The van der Waals surface area contributed by atoms with Crippen molar-refractivity contribution in [2.45, 2.75) is 19.8 Å². The maximum atomic E-state index is 13.3. The Morgan fingerprint density at radius 2 is 1.95 bits per heavy atom. The largest absolute Gasteiger partial charge is 0.373 e. The van der Waals surface area contributed by atoms with Gasteiger partial charge in [0.25, 0.3) is 0 Å². The van der Waals surface area contributed by atoms with Gasteiger partial charge in [0.15, 0.2) is 0 Å². The second-order valence-electron chi connectivity index (χ2n) is 4.30. The minimum Gasteiger partial charge on any atom is -0.373 e. The first-order valence-electron chi connectivity index (χ1n) is 6.40. The van der Waals surface area contributed by atoms with E-state index in [1.54, 1.807) is 19.2 Å². The molecule has 106 valence electrons. The van der Waals surface area contributed by atoms with Crippen molar-refractivity contribution in [3.8, 4) is 0 Å². The molecule has 1 aromatic heterocycles. The number of aromatic nitrogens is 2. The Kier molecular flexibility index (Phi) is 4.89. The third-order valence-corrected chi connectivity index (χ3v) is 3.38. The van der Waals surface area contributed by atoms with E-state index in [-0.39, 0.29) is 5.82 Å². The molecule has 4 nitrogen and oxygen atoms in total. The molecule has 0 bridgehead atoms. The summed E-state index contributed by atoms with van der Waals surface area (Å²) in [4.78, 5) is 8.81. The van der Waals surface area contributed by atoms with E-state index in [0.29, 0.717) is 11.5 Å². The molecule has 6 heteroatoms. The van der Waals surface area contributed by atoms with Gasteiger partial charge in [0.1, 0.15) is 23.3 Å². The lowest BCUT2D eigenvalue weighted by molar-refractivity contribution is 0.628. The summed E-state index contributed by atoms with van der Waals surface area (Å²) in [6, 6.07) is 6.27. The summed E-state index contributed by atoms with van der Waals surface area (Å²) in [6.07, 6.45) is 1.77. The number of benzene rings is 1. The highest BCUT2D eigenvalue weighted by molar-refractivity contribution is 9.10. The van der Waals surface area contributed by atoms with Gasteiger partial charge in [0.05, 0.1) is 5.69 Å². The highest BCUT2D eigenvalue weighted by Crippen LogP contribution is 2.26. The molecule has 1 heterocycles. The molecule has 0 aliphatic rings. The summed E-state index contributed by atoms with van der Waals surface area (Å²) >= 11 is 3.38. The van der Waals surface area contributed by atoms with Crippen LogP contribution in [-0.4, -0.2) is 17.0 Å². The van der Waals surface area contributed by atoms with Gasteiger partial charge in [-0.05, 0) is 40.5 Å². The van der Waals surface area contributed by atoms with Crippen molar-refractivity contribution in [1.82, 2.24) is 9.97 Å². The normalized spacial score (nSPS) is 10.4. The van der Waals surface area contributed by atoms with Crippen LogP contribution in [0.1, 0.15) is 19.2 Å². The number of nitrogens with one attached hydrogen (secondary N) is 2. The number of halogens is 2. The Morgan fingerprint density at radius 1 is 1.20 bits per heavy atom. The van der Waals surface area contributed by atoms with Gasteiger partial charge in [-0.1, -0.05) is 6.92 Å². The van der Waals surface area contributed by atoms with E-state index in [0.717, 1.165) is 29.0 Å². The Bertz CT molecular complexity index is 604. The van der Waals surface area contributed by atoms with Crippen molar-refractivity contribution in [2.75, 3.05) is 17.7 Å². The number of hydrogen-bond acceptors (Lipinski definition) is 4. The first-order valence-corrected chi connectivity index (χ1v) is 7.19. The zero-order valence-corrected chi connectivity index (χ0v) is 13.0. The van der Waals surface area contributed by atoms with Crippen molar-refractivity contribution in [1.29, 1.82) is 0 Å². The predicted octanol–water partition coefficient (Wildman–Crippen LogP) is 4.12. The van der Waals surface area contributed by atoms with Gasteiger partial charge in [-0.2, -0.15) is 0 Å². The van der Waals surface area contributed by atoms with Crippen LogP contribution in [0.4, 0.5) is 21.7 Å². The van der Waals surface area contributed by atoms with Gasteiger partial charge in [0.2, 0.25) is 0 Å². The number of nitrogens with zero attached hydrogens (tertiary/aromatic N) is 2. The van der Waals surface area contributed by atoms with Crippen molar-refractivity contribution in [2.24, 2.45) is 0 Å². The highest BCUT2D eigenvalue weighted by Gasteiger charge is 2.07. The molecule has 0 fully saturated rings. The molecule has 0 spiro atoms. The van der Waals surface area contributed by atoms with Gasteiger partial charge in [-0.25, -0.2) is 14.4 Å². The van der Waals surface area contributed by atoms with E-state index in [4.69, 9.17) is 0 Å². The standard InChI is InChI=1S/C14H16BrFN4/c1-3-4-12-19-13(17-2)8-14(20-12)18-11-7-9(16)5-6-10(11)15/h5-8H,3-4H2,1-2H3,(H2,17,18,19,20). The summed E-state index contributed by atoms with van der Waals surface area (Å²) in [5.41, 5.74) is 0.633. The van der Waals surface area contributed by atoms with Crippen LogP contribution in [0, 0.1) is 5.82 Å². The molecule has 2 aromatic rings. The summed E-state index contributed by atoms with van der Waals surface area (Å²) in [7, 11) is 1.81. The van der Waals surface area contributed by atoms with Crippen LogP contribution in [0.2, 0.25) is 0 Å². The molecule has 1 aromatic carbocycles. The van der Waals surface area contributed by atoms with Gasteiger partial charge in [-0.15, -0.1) is 0 Å². The van der Waals surface area contributed by atoms with Crippen LogP contribution in [0.15, 0.2) is 28.7 Å². The van der Waals surface area contributed by atoms with Crippen molar-refractivity contribution >= 4 is 33.3 Å². The molecule has 20 heavy (non-hydrogen) atoms. The maximum Gasteiger partial charge on any atom is 0.136 e. The maximum absolute atomic E-state index is 13.3. The fourth-order valence-corrected chi connectivity index (χ4v) is 2.10. The fraction of sp³-hybridized carbons (Fsp3) is 0.286. The van der Waals surface area contributed by atoms with Crippen LogP contribution in [0.3, 0.4) is 0 Å². The number of aryl methyl sites for hydroxylation is 1. The van der Waals surface area contributed by atoms with Crippen molar-refractivity contribution < 1.29 is 4.39 Å². The molecule has 0 aliphatic carbocycles. The van der Waals surface area contributed by atoms with E-state index in [1.165, 1.54) is 12.1 Å². The summed E-state index contributed by atoms with van der Waals surface area (Å²) in [5.74, 6) is 1.83. The second kappa shape index (κ2) is 6.65. The highest BCUT2D eigenvalue weighted by atomic mass is 79.9. The first kappa shape index (κ1) is 14.7. The molecular weight excluding hydrogens is 323 g/mol. The Labute approximate surface area is 126 Å². The molecule has 0 unspecified atom stereocenters. The monoisotopic (exact) mass is 338 g/mol. The van der Waals surface area contributed by atoms with Gasteiger partial charge in [0, 0.05) is 24.0 Å². The molecule has 0 radical (unpaired) electrons. The van der Waals surface area contributed by atoms with E-state index in [1.807, 2.05) is 0 Å².